The van der Waals surface area contributed by atoms with Gasteiger partial charge in [-0.05, 0) is 12.5 Å². The molecule has 0 saturated carbocycles. The van der Waals surface area contributed by atoms with Gasteiger partial charge in [0.2, 0.25) is 11.7 Å². The first-order valence-electron chi connectivity index (χ1n) is 9.26. The number of hydrogen-bond acceptors (Lipinski definition) is 4. The van der Waals surface area contributed by atoms with Gasteiger partial charge in [-0.2, -0.15) is 0 Å². The van der Waals surface area contributed by atoms with Gasteiger partial charge in [0, 0.05) is 41.2 Å². The lowest BCUT2D eigenvalue weighted by molar-refractivity contribution is -0.153. The normalized spacial score (nSPS) is 17.7. The van der Waals surface area contributed by atoms with Crippen LogP contribution in [0, 0.1) is 5.92 Å². The van der Waals surface area contributed by atoms with Gasteiger partial charge < -0.3 is 15.0 Å². The predicted molar refractivity (Wildman–Crippen MR) is 104 cm³/mol. The molecule has 6 nitrogen and oxygen atoms in total. The number of carbonyl (C=O) groups is 3. The number of aromatic nitrogens is 1. The first-order valence-corrected chi connectivity index (χ1v) is 9.26. The number of ketones is 1. The summed E-state index contributed by atoms with van der Waals surface area (Å²) in [5, 5.41) is 3.46. The smallest absolute Gasteiger partial charge is 0.311 e. The average Bonchev–Trinajstić information content (AvgIpc) is 3.17. The number of benzene rings is 2. The molecule has 0 aliphatic carbocycles. The molecule has 2 aromatic carbocycles. The monoisotopic (exact) mass is 376 g/mol. The van der Waals surface area contributed by atoms with Crippen molar-refractivity contribution in [2.75, 3.05) is 6.54 Å². The number of carbonyl (C=O) groups excluding carboxylic acids is 3. The maximum Gasteiger partial charge on any atom is 0.311 e. The summed E-state index contributed by atoms with van der Waals surface area (Å²) in [5.41, 5.74) is 1.94. The van der Waals surface area contributed by atoms with Crippen LogP contribution in [0.25, 0.3) is 10.9 Å². The summed E-state index contributed by atoms with van der Waals surface area (Å²) in [6, 6.07) is 16.5. The minimum absolute atomic E-state index is 0.0708. The number of Topliss-reactive ketones (excluding diaryl/α,β-unsaturated/α-hetero) is 1. The highest BCUT2D eigenvalue weighted by Crippen LogP contribution is 2.28. The third-order valence-corrected chi connectivity index (χ3v) is 5.03. The van der Waals surface area contributed by atoms with E-state index in [9.17, 15) is 14.4 Å². The highest BCUT2D eigenvalue weighted by atomic mass is 16.5. The fourth-order valence-corrected chi connectivity index (χ4v) is 3.46. The molecule has 2 heterocycles. The van der Waals surface area contributed by atoms with Gasteiger partial charge in [-0.15, -0.1) is 0 Å². The molecule has 142 valence electrons. The predicted octanol–water partition coefficient (Wildman–Crippen LogP) is 3.16. The van der Waals surface area contributed by atoms with Crippen molar-refractivity contribution >= 4 is 28.6 Å². The lowest BCUT2D eigenvalue weighted by Gasteiger charge is -2.24. The highest BCUT2D eigenvalue weighted by Gasteiger charge is 2.32. The largest absolute Gasteiger partial charge is 0.449 e. The summed E-state index contributed by atoms with van der Waals surface area (Å²) in [6.07, 6.45) is 1.32. The van der Waals surface area contributed by atoms with Crippen LogP contribution in [0.15, 0.2) is 60.8 Å². The van der Waals surface area contributed by atoms with Gasteiger partial charge in [0.15, 0.2) is 6.10 Å². The van der Waals surface area contributed by atoms with Crippen molar-refractivity contribution in [3.8, 4) is 0 Å². The van der Waals surface area contributed by atoms with Crippen LogP contribution in [0.1, 0.15) is 34.9 Å². The summed E-state index contributed by atoms with van der Waals surface area (Å²) in [7, 11) is 0. The van der Waals surface area contributed by atoms with E-state index in [1.54, 1.807) is 30.5 Å². The van der Waals surface area contributed by atoms with Crippen molar-refractivity contribution in [3.05, 3.63) is 71.9 Å². The highest BCUT2D eigenvalue weighted by molar-refractivity contribution is 6.10. The Hall–Kier alpha value is -3.41. The van der Waals surface area contributed by atoms with Crippen LogP contribution >= 0.6 is 0 Å². The van der Waals surface area contributed by atoms with E-state index < -0.39 is 18.0 Å². The molecule has 1 aliphatic heterocycles. The molecule has 2 atom stereocenters. The Bertz CT molecular complexity index is 1020. The molecule has 0 unspecified atom stereocenters. The van der Waals surface area contributed by atoms with Crippen LogP contribution < -0.4 is 5.32 Å². The van der Waals surface area contributed by atoms with E-state index >= 15 is 0 Å². The minimum atomic E-state index is -1.04. The molecule has 1 aliphatic rings. The minimum Gasteiger partial charge on any atom is -0.449 e. The topological polar surface area (TPSA) is 88.3 Å². The number of nitrogens with one attached hydrogen (secondary N) is 2. The molecule has 28 heavy (non-hydrogen) atoms. The number of ether oxygens (including phenoxy) is 1. The summed E-state index contributed by atoms with van der Waals surface area (Å²) in [4.78, 5) is 40.4. The van der Waals surface area contributed by atoms with Crippen molar-refractivity contribution in [2.24, 2.45) is 5.92 Å². The fourth-order valence-electron chi connectivity index (χ4n) is 3.46. The molecular weight excluding hydrogens is 356 g/mol. The molecule has 0 bridgehead atoms. The van der Waals surface area contributed by atoms with Gasteiger partial charge in [-0.25, -0.2) is 0 Å². The molecule has 2 N–H and O–H groups in total. The number of para-hydroxylation sites is 1. The maximum absolute atomic E-state index is 13.3. The van der Waals surface area contributed by atoms with Gasteiger partial charge in [0.1, 0.15) is 0 Å². The summed E-state index contributed by atoms with van der Waals surface area (Å²) >= 11 is 0. The summed E-state index contributed by atoms with van der Waals surface area (Å²) < 4.78 is 5.69. The number of esters is 1. The van der Waals surface area contributed by atoms with E-state index in [0.29, 0.717) is 17.5 Å². The fraction of sp³-hybridized carbons (Fsp3) is 0.227. The number of hydrogen-bond donors (Lipinski definition) is 2. The van der Waals surface area contributed by atoms with Crippen molar-refractivity contribution in [1.29, 1.82) is 0 Å². The zero-order valence-electron chi connectivity index (χ0n) is 15.2. The van der Waals surface area contributed by atoms with Crippen LogP contribution in [0.2, 0.25) is 0 Å². The quantitative estimate of drug-likeness (QED) is 0.529. The first-order chi connectivity index (χ1) is 13.6. The van der Waals surface area contributed by atoms with Gasteiger partial charge in [0.05, 0.1) is 5.92 Å². The Kier molecular flexibility index (Phi) is 4.93. The van der Waals surface area contributed by atoms with Crippen molar-refractivity contribution < 1.29 is 19.1 Å². The molecule has 1 saturated heterocycles. The van der Waals surface area contributed by atoms with Crippen LogP contribution in [-0.2, 0) is 14.3 Å². The van der Waals surface area contributed by atoms with E-state index in [-0.39, 0.29) is 24.7 Å². The Morgan fingerprint density at radius 3 is 2.54 bits per heavy atom. The maximum atomic E-state index is 13.3. The number of rotatable bonds is 5. The Balaban J connectivity index is 1.63. The van der Waals surface area contributed by atoms with E-state index in [1.165, 1.54) is 0 Å². The van der Waals surface area contributed by atoms with Crippen LogP contribution in [0.5, 0.6) is 0 Å². The van der Waals surface area contributed by atoms with Gasteiger partial charge >= 0.3 is 5.97 Å². The number of amides is 1. The van der Waals surface area contributed by atoms with Crippen LogP contribution in [0.3, 0.4) is 0 Å². The van der Waals surface area contributed by atoms with Crippen LogP contribution in [0.4, 0.5) is 0 Å². The summed E-state index contributed by atoms with van der Waals surface area (Å²) in [5.74, 6) is -1.27. The van der Waals surface area contributed by atoms with Crippen molar-refractivity contribution in [2.45, 2.75) is 18.9 Å². The second-order valence-electron chi connectivity index (χ2n) is 6.88. The van der Waals surface area contributed by atoms with Gasteiger partial charge in [-0.3, -0.25) is 14.4 Å². The van der Waals surface area contributed by atoms with E-state index in [2.05, 4.69) is 10.3 Å². The number of piperidine rings is 1. The molecule has 4 rings (SSSR count). The van der Waals surface area contributed by atoms with E-state index in [1.807, 2.05) is 30.3 Å². The Morgan fingerprint density at radius 2 is 1.79 bits per heavy atom. The Morgan fingerprint density at radius 1 is 1.04 bits per heavy atom. The second kappa shape index (κ2) is 7.68. The van der Waals surface area contributed by atoms with Crippen molar-refractivity contribution in [3.63, 3.8) is 0 Å². The van der Waals surface area contributed by atoms with E-state index in [0.717, 1.165) is 10.9 Å². The van der Waals surface area contributed by atoms with Gasteiger partial charge in [-0.1, -0.05) is 48.5 Å². The zero-order chi connectivity index (χ0) is 19.5. The summed E-state index contributed by atoms with van der Waals surface area (Å²) in [6.45, 7) is 0.237. The molecule has 1 amide bonds. The zero-order valence-corrected chi connectivity index (χ0v) is 15.2. The molecule has 3 aromatic rings. The van der Waals surface area contributed by atoms with Crippen molar-refractivity contribution in [1.82, 2.24) is 10.3 Å². The molecule has 1 aromatic heterocycles. The number of H-pyrrole nitrogens is 1. The lowest BCUT2D eigenvalue weighted by Crippen LogP contribution is -2.39. The number of aromatic amines is 1. The lowest BCUT2D eigenvalue weighted by atomic mass is 9.97. The Labute approximate surface area is 161 Å². The SMILES string of the molecule is O=C1CC[C@H](C(=O)O[C@H](C(=O)c2c[nH]c3ccccc23)c2ccccc2)CN1. The third kappa shape index (κ3) is 3.53. The molecular formula is C22H20N2O4. The average molecular weight is 376 g/mol. The first kappa shape index (κ1) is 18.0. The molecule has 1 fully saturated rings. The van der Waals surface area contributed by atoms with E-state index in [4.69, 9.17) is 4.74 Å². The number of fused-ring (bicyclic) bond motifs is 1. The van der Waals surface area contributed by atoms with Crippen LogP contribution in [-0.4, -0.2) is 29.2 Å². The standard InChI is InChI=1S/C22H20N2O4/c25-19-11-10-15(12-24-19)22(27)28-21(14-6-2-1-3-7-14)20(26)17-13-23-18-9-5-4-8-16(17)18/h1-9,13,15,21,23H,10-12H2,(H,24,25)/t15-,21-/m0/s1. The second-order valence-corrected chi connectivity index (χ2v) is 6.88. The molecule has 6 heteroatoms. The molecule has 0 radical (unpaired) electrons. The third-order valence-electron chi connectivity index (χ3n) is 5.03. The van der Waals surface area contributed by atoms with Gasteiger partial charge in [0.25, 0.3) is 0 Å². The molecule has 0 spiro atoms.